The third kappa shape index (κ3) is 2.07. The van der Waals surface area contributed by atoms with Crippen molar-refractivity contribution in [3.63, 3.8) is 0 Å². The summed E-state index contributed by atoms with van der Waals surface area (Å²) in [7, 11) is 0. The van der Waals surface area contributed by atoms with Crippen LogP contribution in [0.4, 0.5) is 0 Å². The normalized spacial score (nSPS) is 22.6. The van der Waals surface area contributed by atoms with Crippen LogP contribution in [0.1, 0.15) is 67.7 Å². The van der Waals surface area contributed by atoms with E-state index in [2.05, 4.69) is 59.6 Å². The van der Waals surface area contributed by atoms with Crippen molar-refractivity contribution in [1.29, 1.82) is 0 Å². The van der Waals surface area contributed by atoms with Gasteiger partial charge in [0.2, 0.25) is 0 Å². The molecule has 1 atom stereocenters. The Morgan fingerprint density at radius 1 is 0.792 bits per heavy atom. The zero-order chi connectivity index (χ0) is 16.0. The third-order valence-corrected chi connectivity index (χ3v) is 6.47. The highest BCUT2D eigenvalue weighted by Crippen LogP contribution is 2.56. The van der Waals surface area contributed by atoms with Crippen LogP contribution in [-0.4, -0.2) is 4.98 Å². The largest absolute Gasteiger partial charge is 0.358 e. The molecule has 1 unspecified atom stereocenters. The first-order valence-electron chi connectivity index (χ1n) is 9.53. The van der Waals surface area contributed by atoms with E-state index in [4.69, 9.17) is 0 Å². The van der Waals surface area contributed by atoms with Crippen molar-refractivity contribution in [3.8, 4) is 0 Å². The molecule has 24 heavy (non-hydrogen) atoms. The van der Waals surface area contributed by atoms with Crippen LogP contribution >= 0.6 is 0 Å². The minimum Gasteiger partial charge on any atom is -0.358 e. The molecule has 1 heterocycles. The summed E-state index contributed by atoms with van der Waals surface area (Å²) in [4.78, 5) is 3.82. The van der Waals surface area contributed by atoms with E-state index in [1.165, 1.54) is 67.1 Å². The van der Waals surface area contributed by atoms with Crippen LogP contribution in [0, 0.1) is 0 Å². The molecule has 122 valence electrons. The highest BCUT2D eigenvalue weighted by atomic mass is 14.8. The van der Waals surface area contributed by atoms with Crippen molar-refractivity contribution in [3.05, 3.63) is 71.4 Å². The molecule has 0 amide bonds. The summed E-state index contributed by atoms with van der Waals surface area (Å²) < 4.78 is 0. The summed E-state index contributed by atoms with van der Waals surface area (Å²) in [5.41, 5.74) is 6.36. The predicted molar refractivity (Wildman–Crippen MR) is 101 cm³/mol. The van der Waals surface area contributed by atoms with Crippen LogP contribution in [0.5, 0.6) is 0 Å². The second kappa shape index (κ2) is 5.51. The summed E-state index contributed by atoms with van der Waals surface area (Å²) in [6, 6.07) is 20.1. The number of aromatic nitrogens is 1. The van der Waals surface area contributed by atoms with E-state index in [9.17, 15) is 0 Å². The maximum Gasteiger partial charge on any atom is 0.0459 e. The number of H-pyrrole nitrogens is 1. The van der Waals surface area contributed by atoms with Gasteiger partial charge in [-0.1, -0.05) is 74.2 Å². The predicted octanol–water partition coefficient (Wildman–Crippen LogP) is 6.30. The van der Waals surface area contributed by atoms with Crippen LogP contribution in [0.15, 0.2) is 54.6 Å². The lowest BCUT2D eigenvalue weighted by atomic mass is 9.74. The lowest BCUT2D eigenvalue weighted by Gasteiger charge is -2.30. The number of para-hydroxylation sites is 1. The quantitative estimate of drug-likeness (QED) is 0.542. The summed E-state index contributed by atoms with van der Waals surface area (Å²) in [5.74, 6) is 0.534. The molecule has 1 nitrogen and oxygen atoms in total. The second-order valence-corrected chi connectivity index (χ2v) is 7.82. The van der Waals surface area contributed by atoms with E-state index in [0.29, 0.717) is 11.3 Å². The van der Waals surface area contributed by atoms with E-state index in [0.717, 1.165) is 0 Å². The Bertz CT molecular complexity index is 850. The Labute approximate surface area is 144 Å². The van der Waals surface area contributed by atoms with E-state index >= 15 is 0 Å². The Hall–Kier alpha value is -2.02. The van der Waals surface area contributed by atoms with Crippen molar-refractivity contribution >= 4 is 10.9 Å². The molecule has 1 heteroatoms. The fourth-order valence-electron chi connectivity index (χ4n) is 5.42. The molecule has 3 aromatic rings. The van der Waals surface area contributed by atoms with Crippen LogP contribution in [0.25, 0.3) is 10.9 Å². The molecule has 0 radical (unpaired) electrons. The van der Waals surface area contributed by atoms with Crippen molar-refractivity contribution in [2.45, 2.75) is 56.3 Å². The standard InChI is InChI=1S/C23H25N/c1-2-9-15-23(14-8-1)16-19(17-10-4-3-5-11-17)22-21(23)18-12-6-7-13-20(18)24-22/h3-7,10-13,19,24H,1-2,8-9,14-16H2. The molecule has 0 aliphatic heterocycles. The Morgan fingerprint density at radius 2 is 1.50 bits per heavy atom. The lowest BCUT2D eigenvalue weighted by Crippen LogP contribution is -2.22. The first-order chi connectivity index (χ1) is 11.9. The topological polar surface area (TPSA) is 15.8 Å². The molecule has 2 aliphatic rings. The van der Waals surface area contributed by atoms with Gasteiger partial charge in [-0.15, -0.1) is 0 Å². The van der Waals surface area contributed by atoms with E-state index in [1.54, 1.807) is 5.56 Å². The summed E-state index contributed by atoms with van der Waals surface area (Å²) in [6.45, 7) is 0. The van der Waals surface area contributed by atoms with Crippen LogP contribution in [-0.2, 0) is 5.41 Å². The summed E-state index contributed by atoms with van der Waals surface area (Å²) in [5, 5.41) is 1.48. The van der Waals surface area contributed by atoms with Gasteiger partial charge in [0, 0.05) is 22.5 Å². The summed E-state index contributed by atoms with van der Waals surface area (Å²) >= 11 is 0. The Balaban J connectivity index is 1.73. The van der Waals surface area contributed by atoms with Crippen LogP contribution < -0.4 is 0 Å². The number of hydrogen-bond acceptors (Lipinski definition) is 0. The third-order valence-electron chi connectivity index (χ3n) is 6.47. The molecule has 1 saturated carbocycles. The maximum atomic E-state index is 3.82. The van der Waals surface area contributed by atoms with Gasteiger partial charge in [0.05, 0.1) is 0 Å². The van der Waals surface area contributed by atoms with Gasteiger partial charge in [-0.2, -0.15) is 0 Å². The number of fused-ring (bicyclic) bond motifs is 4. The number of benzene rings is 2. The smallest absolute Gasteiger partial charge is 0.0459 e. The van der Waals surface area contributed by atoms with Crippen molar-refractivity contribution in [2.75, 3.05) is 0 Å². The van der Waals surface area contributed by atoms with Gasteiger partial charge in [-0.05, 0) is 41.9 Å². The molecule has 2 aliphatic carbocycles. The lowest BCUT2D eigenvalue weighted by molar-refractivity contribution is 0.360. The first-order valence-corrected chi connectivity index (χ1v) is 9.53. The first kappa shape index (κ1) is 14.3. The van der Waals surface area contributed by atoms with Crippen molar-refractivity contribution < 1.29 is 0 Å². The molecule has 0 saturated heterocycles. The second-order valence-electron chi connectivity index (χ2n) is 7.82. The van der Waals surface area contributed by atoms with Crippen LogP contribution in [0.2, 0.25) is 0 Å². The SMILES string of the molecule is c1ccc(C2CC3(CCCCCC3)c3c2[nH]c2ccccc32)cc1. The van der Waals surface area contributed by atoms with Gasteiger partial charge in [0.15, 0.2) is 0 Å². The van der Waals surface area contributed by atoms with Gasteiger partial charge in [0.25, 0.3) is 0 Å². The highest BCUT2D eigenvalue weighted by molar-refractivity contribution is 5.87. The van der Waals surface area contributed by atoms with E-state index in [1.807, 2.05) is 0 Å². The molecular formula is C23H25N. The number of aromatic amines is 1. The summed E-state index contributed by atoms with van der Waals surface area (Å²) in [6.07, 6.45) is 9.63. The van der Waals surface area contributed by atoms with Crippen molar-refractivity contribution in [2.24, 2.45) is 0 Å². The van der Waals surface area contributed by atoms with Crippen molar-refractivity contribution in [1.82, 2.24) is 4.98 Å². The number of hydrogen-bond donors (Lipinski definition) is 1. The molecular weight excluding hydrogens is 290 g/mol. The molecule has 5 rings (SSSR count). The minimum atomic E-state index is 0.395. The zero-order valence-electron chi connectivity index (χ0n) is 14.2. The van der Waals surface area contributed by atoms with Gasteiger partial charge < -0.3 is 4.98 Å². The number of rotatable bonds is 1. The fourth-order valence-corrected chi connectivity index (χ4v) is 5.42. The van der Waals surface area contributed by atoms with Gasteiger partial charge in [0.1, 0.15) is 0 Å². The minimum absolute atomic E-state index is 0.395. The van der Waals surface area contributed by atoms with Crippen LogP contribution in [0.3, 0.4) is 0 Å². The average molecular weight is 315 g/mol. The fraction of sp³-hybridized carbons (Fsp3) is 0.391. The maximum absolute atomic E-state index is 3.82. The highest BCUT2D eigenvalue weighted by Gasteiger charge is 2.46. The molecule has 2 aromatic carbocycles. The van der Waals surface area contributed by atoms with E-state index < -0.39 is 0 Å². The monoisotopic (exact) mass is 315 g/mol. The molecule has 1 spiro atoms. The zero-order valence-corrected chi connectivity index (χ0v) is 14.2. The van der Waals surface area contributed by atoms with Gasteiger partial charge >= 0.3 is 0 Å². The molecule has 1 aromatic heterocycles. The van der Waals surface area contributed by atoms with Gasteiger partial charge in [-0.3, -0.25) is 0 Å². The van der Waals surface area contributed by atoms with E-state index in [-0.39, 0.29) is 0 Å². The number of nitrogens with one attached hydrogen (secondary N) is 1. The average Bonchev–Trinajstić information content (AvgIpc) is 3.05. The van der Waals surface area contributed by atoms with Gasteiger partial charge in [-0.25, -0.2) is 0 Å². The molecule has 1 fully saturated rings. The molecule has 1 N–H and O–H groups in total. The Morgan fingerprint density at radius 3 is 2.29 bits per heavy atom. The molecule has 0 bridgehead atoms. The Kier molecular flexibility index (Phi) is 3.29.